The van der Waals surface area contributed by atoms with Crippen molar-refractivity contribution < 1.29 is 14.2 Å². The van der Waals surface area contributed by atoms with Crippen molar-refractivity contribution in [3.05, 3.63) is 60.5 Å². The van der Waals surface area contributed by atoms with Crippen molar-refractivity contribution in [2.24, 2.45) is 17.8 Å². The minimum absolute atomic E-state index is 0.246. The summed E-state index contributed by atoms with van der Waals surface area (Å²) in [5, 5.41) is 9.15. The van der Waals surface area contributed by atoms with Crippen LogP contribution in [0.1, 0.15) is 24.8 Å². The highest BCUT2D eigenvalue weighted by Gasteiger charge is 2.57. The summed E-state index contributed by atoms with van der Waals surface area (Å²) in [7, 11) is 0. The van der Waals surface area contributed by atoms with E-state index in [-0.39, 0.29) is 6.29 Å². The van der Waals surface area contributed by atoms with Crippen LogP contribution in [0.15, 0.2) is 48.5 Å². The lowest BCUT2D eigenvalue weighted by molar-refractivity contribution is -0.0838. The molecule has 131 valence electrons. The van der Waals surface area contributed by atoms with E-state index in [1.54, 1.807) is 0 Å². The molecular formula is C22H20NO3. The third kappa shape index (κ3) is 2.64. The van der Waals surface area contributed by atoms with Gasteiger partial charge in [-0.1, -0.05) is 30.3 Å². The lowest BCUT2D eigenvalue weighted by atomic mass is 9.89. The van der Waals surface area contributed by atoms with E-state index in [0.717, 1.165) is 17.2 Å². The summed E-state index contributed by atoms with van der Waals surface area (Å²) in [6.07, 6.45) is 5.21. The average Bonchev–Trinajstić information content (AvgIpc) is 3.28. The van der Waals surface area contributed by atoms with Crippen LogP contribution in [0.5, 0.6) is 17.2 Å². The summed E-state index contributed by atoms with van der Waals surface area (Å²) in [6.45, 7) is 0. The predicted octanol–water partition coefficient (Wildman–Crippen LogP) is 4.70. The van der Waals surface area contributed by atoms with E-state index in [1.165, 1.54) is 25.7 Å². The number of benzene rings is 2. The minimum atomic E-state index is -0.246. The molecule has 26 heavy (non-hydrogen) atoms. The van der Waals surface area contributed by atoms with Gasteiger partial charge in [0.05, 0.1) is 18.6 Å². The number of hydrogen-bond donors (Lipinski definition) is 0. The fraction of sp³-hybridized carbons (Fsp3) is 0.364. The van der Waals surface area contributed by atoms with Crippen molar-refractivity contribution in [1.29, 1.82) is 5.26 Å². The van der Waals surface area contributed by atoms with Crippen LogP contribution in [-0.4, -0.2) is 12.4 Å². The zero-order chi connectivity index (χ0) is 17.5. The van der Waals surface area contributed by atoms with Gasteiger partial charge in [0.25, 0.3) is 0 Å². The Labute approximate surface area is 153 Å². The third-order valence-corrected chi connectivity index (χ3v) is 5.90. The molecule has 0 aromatic heterocycles. The molecule has 2 aromatic rings. The Balaban J connectivity index is 1.45. The van der Waals surface area contributed by atoms with Crippen LogP contribution in [0.4, 0.5) is 0 Å². The van der Waals surface area contributed by atoms with Crippen LogP contribution < -0.4 is 9.47 Å². The maximum absolute atomic E-state index is 9.15. The Kier molecular flexibility index (Phi) is 3.83. The van der Waals surface area contributed by atoms with Gasteiger partial charge in [-0.3, -0.25) is 0 Å². The molecular weight excluding hydrogens is 326 g/mol. The van der Waals surface area contributed by atoms with Gasteiger partial charge in [0.15, 0.2) is 11.5 Å². The van der Waals surface area contributed by atoms with Crippen LogP contribution in [0.25, 0.3) is 0 Å². The van der Waals surface area contributed by atoms with E-state index in [2.05, 4.69) is 6.07 Å². The largest absolute Gasteiger partial charge is 0.460 e. The van der Waals surface area contributed by atoms with Crippen LogP contribution in [0.3, 0.4) is 0 Å². The standard InChI is InChI=1S/C22H20NO3/c23-10-9-15-5-4-8-19(24-16-6-2-1-3-7-16)21(15)26-22-18-12-14-11-17(18)20(13-14)25-22/h1-9,14,17-18,20,22H,11-13H2/t14-,17+,18+,20+,22+/m1/s1. The topological polar surface area (TPSA) is 51.5 Å². The molecule has 1 saturated heterocycles. The maximum atomic E-state index is 9.15. The smallest absolute Gasteiger partial charge is 0.203 e. The van der Waals surface area contributed by atoms with Crippen LogP contribution in [0, 0.1) is 35.5 Å². The average molecular weight is 346 g/mol. The predicted molar refractivity (Wildman–Crippen MR) is 95.6 cm³/mol. The molecule has 0 N–H and O–H groups in total. The molecule has 4 heteroatoms. The first-order valence-electron chi connectivity index (χ1n) is 9.22. The molecule has 1 heterocycles. The number of para-hydroxylation sites is 2. The van der Waals surface area contributed by atoms with Gasteiger partial charge in [0.2, 0.25) is 6.29 Å². The minimum Gasteiger partial charge on any atom is -0.460 e. The molecule has 4 nitrogen and oxygen atoms in total. The van der Waals surface area contributed by atoms with Gasteiger partial charge < -0.3 is 14.2 Å². The molecule has 0 amide bonds. The third-order valence-electron chi connectivity index (χ3n) is 5.90. The van der Waals surface area contributed by atoms with Crippen LogP contribution >= 0.6 is 0 Å². The molecule has 5 rings (SSSR count). The lowest BCUT2D eigenvalue weighted by Crippen LogP contribution is -2.24. The van der Waals surface area contributed by atoms with Crippen LogP contribution in [-0.2, 0) is 4.74 Å². The molecule has 2 aromatic carbocycles. The number of fused-ring (bicyclic) bond motifs is 1. The number of nitriles is 1. The summed E-state index contributed by atoms with van der Waals surface area (Å²) in [4.78, 5) is 0. The van der Waals surface area contributed by atoms with E-state index in [1.807, 2.05) is 48.5 Å². The molecule has 1 aliphatic heterocycles. The summed E-state index contributed by atoms with van der Waals surface area (Å²) in [5.74, 6) is 3.82. The number of nitrogens with zero attached hydrogens (tertiary/aromatic N) is 1. The second-order valence-corrected chi connectivity index (χ2v) is 7.42. The lowest BCUT2D eigenvalue weighted by Gasteiger charge is -2.22. The Morgan fingerprint density at radius 3 is 2.62 bits per heavy atom. The molecule has 1 radical (unpaired) electrons. The number of hydrogen-bond acceptors (Lipinski definition) is 4. The molecule has 5 atom stereocenters. The van der Waals surface area contributed by atoms with Crippen LogP contribution in [0.2, 0.25) is 0 Å². The van der Waals surface area contributed by atoms with Crippen molar-refractivity contribution in [3.63, 3.8) is 0 Å². The molecule has 0 spiro atoms. The van der Waals surface area contributed by atoms with Gasteiger partial charge in [-0.05, 0) is 49.3 Å². The highest BCUT2D eigenvalue weighted by Crippen LogP contribution is 2.56. The highest BCUT2D eigenvalue weighted by atomic mass is 16.7. The number of rotatable bonds is 5. The zero-order valence-electron chi connectivity index (χ0n) is 14.4. The fourth-order valence-electron chi connectivity index (χ4n) is 4.85. The summed E-state index contributed by atoms with van der Waals surface area (Å²) in [6, 6.07) is 17.3. The van der Waals surface area contributed by atoms with E-state index in [4.69, 9.17) is 19.5 Å². The fourth-order valence-corrected chi connectivity index (χ4v) is 4.85. The maximum Gasteiger partial charge on any atom is 0.203 e. The van der Waals surface area contributed by atoms with E-state index < -0.39 is 0 Å². The first-order chi connectivity index (χ1) is 12.8. The van der Waals surface area contributed by atoms with Crippen molar-refractivity contribution in [1.82, 2.24) is 0 Å². The van der Waals surface area contributed by atoms with Gasteiger partial charge in [-0.25, -0.2) is 0 Å². The van der Waals surface area contributed by atoms with E-state index in [9.17, 15) is 0 Å². The molecule has 0 unspecified atom stereocenters. The van der Waals surface area contributed by atoms with E-state index in [0.29, 0.717) is 29.4 Å². The van der Waals surface area contributed by atoms with Crippen molar-refractivity contribution in [2.75, 3.05) is 0 Å². The van der Waals surface area contributed by atoms with Gasteiger partial charge in [0, 0.05) is 11.5 Å². The quantitative estimate of drug-likeness (QED) is 0.787. The van der Waals surface area contributed by atoms with Crippen molar-refractivity contribution in [2.45, 2.75) is 31.7 Å². The monoisotopic (exact) mass is 346 g/mol. The molecule has 2 bridgehead atoms. The summed E-state index contributed by atoms with van der Waals surface area (Å²) in [5.41, 5.74) is 0.721. The Bertz CT molecular complexity index is 842. The summed E-state index contributed by atoms with van der Waals surface area (Å²) >= 11 is 0. The molecule has 3 aliphatic rings. The van der Waals surface area contributed by atoms with Gasteiger partial charge in [0.1, 0.15) is 5.75 Å². The highest BCUT2D eigenvalue weighted by molar-refractivity contribution is 5.53. The van der Waals surface area contributed by atoms with Crippen molar-refractivity contribution in [3.8, 4) is 23.3 Å². The molecule has 3 fully saturated rings. The van der Waals surface area contributed by atoms with E-state index >= 15 is 0 Å². The second-order valence-electron chi connectivity index (χ2n) is 7.42. The first-order valence-corrected chi connectivity index (χ1v) is 9.22. The van der Waals surface area contributed by atoms with Gasteiger partial charge in [-0.15, -0.1) is 0 Å². The Hall–Kier alpha value is -2.51. The van der Waals surface area contributed by atoms with Crippen molar-refractivity contribution >= 4 is 0 Å². The zero-order valence-corrected chi connectivity index (χ0v) is 14.4. The Morgan fingerprint density at radius 2 is 1.85 bits per heavy atom. The Morgan fingerprint density at radius 1 is 1.00 bits per heavy atom. The molecule has 2 saturated carbocycles. The van der Waals surface area contributed by atoms with Gasteiger partial charge >= 0.3 is 0 Å². The first kappa shape index (κ1) is 15.7. The second kappa shape index (κ2) is 6.34. The summed E-state index contributed by atoms with van der Waals surface area (Å²) < 4.78 is 18.6. The molecule has 2 aliphatic carbocycles. The van der Waals surface area contributed by atoms with Gasteiger partial charge in [-0.2, -0.15) is 5.26 Å². The normalized spacial score (nSPS) is 31.0. The SMILES string of the molecule is N#C[CH]c1cccc(Oc2ccccc2)c1O[C@@H]1O[C@H]2C[C@H]3C[C@H]1[C@@H]2C3. The number of ether oxygens (including phenoxy) is 3.